The Hall–Kier alpha value is -8.52. The molecule has 0 aliphatic carbocycles. The van der Waals surface area contributed by atoms with Gasteiger partial charge in [-0.3, -0.25) is 30.3 Å². The van der Waals surface area contributed by atoms with Crippen LogP contribution in [-0.4, -0.2) is 32.9 Å². The smallest absolute Gasteiger partial charge is 0.399 e. The normalized spacial score (nSPS) is 10.7. The molecular formula is C42H27Cl3F9N9O9. The molecule has 0 bridgehead atoms. The van der Waals surface area contributed by atoms with Crippen LogP contribution in [-0.2, 0) is 23.3 Å². The van der Waals surface area contributed by atoms with Crippen LogP contribution >= 0.6 is 34.8 Å². The van der Waals surface area contributed by atoms with Crippen molar-refractivity contribution in [3.05, 3.63) is 189 Å². The summed E-state index contributed by atoms with van der Waals surface area (Å²) >= 11 is 17.2. The van der Waals surface area contributed by atoms with E-state index in [-0.39, 0.29) is 66.3 Å². The lowest BCUT2D eigenvalue weighted by Crippen LogP contribution is -2.20. The van der Waals surface area contributed by atoms with Crippen LogP contribution < -0.4 is 27.0 Å². The molecule has 0 saturated heterocycles. The Morgan fingerprint density at radius 3 is 1.15 bits per heavy atom. The molecule has 0 heterocycles. The zero-order valence-corrected chi connectivity index (χ0v) is 37.5. The number of nitrogens with one attached hydrogen (secondary N) is 4. The van der Waals surface area contributed by atoms with E-state index in [9.17, 15) is 84.2 Å². The summed E-state index contributed by atoms with van der Waals surface area (Å²) in [6, 6.07) is 21.4. The van der Waals surface area contributed by atoms with Crippen molar-refractivity contribution in [3.63, 3.8) is 0 Å². The number of benzene rings is 6. The molecule has 0 spiro atoms. The van der Waals surface area contributed by atoms with Gasteiger partial charge in [0.05, 0.1) is 63.6 Å². The number of nitrogens with zero attached hydrogens (tertiary/aromatic N) is 4. The van der Waals surface area contributed by atoms with Gasteiger partial charge in [0.15, 0.2) is 0 Å². The number of amides is 4. The van der Waals surface area contributed by atoms with E-state index >= 15 is 0 Å². The molecule has 0 aliphatic rings. The Balaban J connectivity index is 0.000000267. The first-order chi connectivity index (χ1) is 33.5. The topological polar surface area (TPSA) is 267 Å². The summed E-state index contributed by atoms with van der Waals surface area (Å²) in [5.74, 6) is 0. The summed E-state index contributed by atoms with van der Waals surface area (Å²) in [6.07, 6.45) is -12.1. The number of carbonyl (C=O) groups is 2. The van der Waals surface area contributed by atoms with Crippen LogP contribution in [0.4, 0.5) is 100 Å². The fourth-order valence-corrected chi connectivity index (χ4v) is 5.68. The standard InChI is InChI=1S/2C14H9ClF3N3O3.C7H3ClN2O3.C7H6F3N/c2*15-11-7-10(21(23)24)4-5-12(11)20-13(22)19-9-3-1-2-8(6-9)14(16,17)18;8-6-3-5(10(12)13)1-2-7(6)9-4-11;8-7(9,10)5-2-1-3-6(11)4-5/h2*1-7H,(H2,19,20,22);1-3H;1-4H,11H2. The maximum Gasteiger partial charge on any atom is 0.416 e. The Bertz CT molecular complexity index is 2880. The average Bonchev–Trinajstić information content (AvgIpc) is 3.28. The van der Waals surface area contributed by atoms with E-state index < -0.39 is 62.1 Å². The van der Waals surface area contributed by atoms with Crippen LogP contribution in [0.25, 0.3) is 0 Å². The Morgan fingerprint density at radius 2 is 0.847 bits per heavy atom. The first kappa shape index (κ1) is 57.8. The number of nitro groups is 3. The molecule has 6 rings (SSSR count). The summed E-state index contributed by atoms with van der Waals surface area (Å²) < 4.78 is 111. The molecular weight excluding hydrogens is 1050 g/mol. The third-order valence-corrected chi connectivity index (χ3v) is 9.17. The predicted molar refractivity (Wildman–Crippen MR) is 246 cm³/mol. The second kappa shape index (κ2) is 25.4. The number of nitrogens with two attached hydrogens (primary N) is 1. The number of isocyanates is 1. The minimum Gasteiger partial charge on any atom is -0.399 e. The number of hydrogen-bond donors (Lipinski definition) is 5. The molecule has 378 valence electrons. The highest BCUT2D eigenvalue weighted by molar-refractivity contribution is 6.34. The first-order valence-corrected chi connectivity index (χ1v) is 19.9. The number of alkyl halides is 9. The van der Waals surface area contributed by atoms with Crippen LogP contribution in [0.3, 0.4) is 0 Å². The van der Waals surface area contributed by atoms with Gasteiger partial charge in [-0.15, -0.1) is 0 Å². The number of nitro benzene ring substituents is 3. The van der Waals surface area contributed by atoms with E-state index in [1.165, 1.54) is 54.6 Å². The SMILES string of the molecule is Nc1cccc(C(F)(F)F)c1.O=C(Nc1cccc(C(F)(F)F)c1)Nc1ccc([N+](=O)[O-])cc1Cl.O=C(Nc1cccc(C(F)(F)F)c1)Nc1ccc([N+](=O)[O-])cc1Cl.O=C=Nc1ccc([N+](=O)[O-])cc1Cl. The molecule has 4 amide bonds. The van der Waals surface area contributed by atoms with E-state index in [1.807, 2.05) is 0 Å². The average molecular weight is 1080 g/mol. The van der Waals surface area contributed by atoms with Gasteiger partial charge in [0.25, 0.3) is 17.1 Å². The lowest BCUT2D eigenvalue weighted by atomic mass is 10.2. The number of hydrogen-bond acceptors (Lipinski definition) is 11. The number of carbonyl (C=O) groups excluding carboxylic acids is 3. The van der Waals surface area contributed by atoms with Gasteiger partial charge >= 0.3 is 30.6 Å². The van der Waals surface area contributed by atoms with Crippen LogP contribution in [0.2, 0.25) is 15.1 Å². The molecule has 6 N–H and O–H groups in total. The third-order valence-electron chi connectivity index (χ3n) is 8.24. The Kier molecular flexibility index (Phi) is 20.4. The van der Waals surface area contributed by atoms with E-state index in [4.69, 9.17) is 40.5 Å². The monoisotopic (exact) mass is 1080 g/mol. The van der Waals surface area contributed by atoms with Gasteiger partial charge in [-0.1, -0.05) is 53.0 Å². The molecule has 0 aliphatic heterocycles. The lowest BCUT2D eigenvalue weighted by Gasteiger charge is -2.11. The third kappa shape index (κ3) is 18.8. The van der Waals surface area contributed by atoms with Gasteiger partial charge in [0.1, 0.15) is 0 Å². The summed E-state index contributed by atoms with van der Waals surface area (Å²) in [4.78, 5) is 66.3. The van der Waals surface area contributed by atoms with Crippen molar-refractivity contribution in [2.75, 3.05) is 27.0 Å². The van der Waals surface area contributed by atoms with E-state index in [2.05, 4.69) is 26.3 Å². The fourth-order valence-electron chi connectivity index (χ4n) is 5.02. The van der Waals surface area contributed by atoms with Crippen LogP contribution in [0.15, 0.2) is 132 Å². The van der Waals surface area contributed by atoms with Gasteiger partial charge in [-0.2, -0.15) is 44.5 Å². The molecule has 6 aromatic rings. The van der Waals surface area contributed by atoms with Crippen molar-refractivity contribution in [1.82, 2.24) is 0 Å². The Labute approximate surface area is 411 Å². The highest BCUT2D eigenvalue weighted by atomic mass is 35.5. The van der Waals surface area contributed by atoms with Crippen LogP contribution in [0, 0.1) is 30.3 Å². The van der Waals surface area contributed by atoms with Crippen molar-refractivity contribution in [3.8, 4) is 0 Å². The van der Waals surface area contributed by atoms with Gasteiger partial charge in [-0.05, 0) is 72.8 Å². The van der Waals surface area contributed by atoms with Gasteiger partial charge in [-0.25, -0.2) is 14.4 Å². The van der Waals surface area contributed by atoms with Crippen LogP contribution in [0.5, 0.6) is 0 Å². The molecule has 0 aromatic heterocycles. The number of halogens is 12. The maximum absolute atomic E-state index is 12.6. The van der Waals surface area contributed by atoms with Crippen molar-refractivity contribution in [2.45, 2.75) is 18.5 Å². The molecule has 18 nitrogen and oxygen atoms in total. The van der Waals surface area contributed by atoms with Crippen molar-refractivity contribution < 1.29 is 68.7 Å². The summed E-state index contributed by atoms with van der Waals surface area (Å²) in [5, 5.41) is 40.4. The molecule has 0 saturated carbocycles. The molecule has 0 fully saturated rings. The molecule has 0 unspecified atom stereocenters. The van der Waals surface area contributed by atoms with Gasteiger partial charge in [0, 0.05) is 53.5 Å². The van der Waals surface area contributed by atoms with E-state index in [0.29, 0.717) is 0 Å². The summed E-state index contributed by atoms with van der Waals surface area (Å²) in [6.45, 7) is 0. The zero-order chi connectivity index (χ0) is 54.1. The first-order valence-electron chi connectivity index (χ1n) is 18.8. The van der Waals surface area contributed by atoms with E-state index in [0.717, 1.165) is 78.9 Å². The number of nitrogen functional groups attached to an aromatic ring is 1. The molecule has 0 radical (unpaired) electrons. The summed E-state index contributed by atoms with van der Waals surface area (Å²) in [5.41, 5.74) is 2.27. The van der Waals surface area contributed by atoms with Crippen molar-refractivity contribution in [2.24, 2.45) is 4.99 Å². The lowest BCUT2D eigenvalue weighted by molar-refractivity contribution is -0.385. The Morgan fingerprint density at radius 1 is 0.500 bits per heavy atom. The van der Waals surface area contributed by atoms with Crippen molar-refractivity contribution in [1.29, 1.82) is 0 Å². The fraction of sp³-hybridized carbons (Fsp3) is 0.0714. The number of urea groups is 2. The summed E-state index contributed by atoms with van der Waals surface area (Å²) in [7, 11) is 0. The number of non-ortho nitro benzene ring substituents is 3. The highest BCUT2D eigenvalue weighted by Crippen LogP contribution is 2.34. The minimum atomic E-state index is -4.53. The molecule has 72 heavy (non-hydrogen) atoms. The predicted octanol–water partition coefficient (Wildman–Crippen LogP) is 14.3. The maximum atomic E-state index is 12.6. The zero-order valence-electron chi connectivity index (χ0n) is 35.2. The van der Waals surface area contributed by atoms with E-state index in [1.54, 1.807) is 0 Å². The molecule has 0 atom stereocenters. The molecule has 30 heteroatoms. The van der Waals surface area contributed by atoms with Gasteiger partial charge in [0.2, 0.25) is 6.08 Å². The highest BCUT2D eigenvalue weighted by Gasteiger charge is 2.32. The van der Waals surface area contributed by atoms with Gasteiger partial charge < -0.3 is 27.0 Å². The minimum absolute atomic E-state index is 0.0533. The molecule has 6 aromatic carbocycles. The second-order valence-corrected chi connectivity index (χ2v) is 14.6. The van der Waals surface area contributed by atoms with Crippen LogP contribution in [0.1, 0.15) is 16.7 Å². The van der Waals surface area contributed by atoms with Crippen molar-refractivity contribution >= 4 is 104 Å². The quantitative estimate of drug-likeness (QED) is 0.0240. The number of rotatable bonds is 8. The second-order valence-electron chi connectivity index (χ2n) is 13.4. The largest absolute Gasteiger partial charge is 0.416 e. The number of aliphatic imine (C=N–C) groups is 1. The number of anilines is 5.